The molecule has 50 heavy (non-hydrogen) atoms. The maximum Gasteiger partial charge on any atom is 0.472 e. The lowest BCUT2D eigenvalue weighted by molar-refractivity contribution is -0.161. The minimum atomic E-state index is -4.37. The largest absolute Gasteiger partial charge is 0.472 e. The third kappa shape index (κ3) is 36.3. The summed E-state index contributed by atoms with van der Waals surface area (Å²) in [6, 6.07) is 0. The van der Waals surface area contributed by atoms with E-state index in [4.69, 9.17) is 24.3 Å². The predicted octanol–water partition coefficient (Wildman–Crippen LogP) is 11.2. The van der Waals surface area contributed by atoms with Crippen molar-refractivity contribution >= 4 is 19.8 Å². The van der Waals surface area contributed by atoms with Crippen LogP contribution < -0.4 is 5.73 Å². The molecule has 0 amide bonds. The van der Waals surface area contributed by atoms with Gasteiger partial charge in [-0.1, -0.05) is 134 Å². The van der Waals surface area contributed by atoms with Gasteiger partial charge in [-0.05, 0) is 64.2 Å². The monoisotopic (exact) mass is 730 g/mol. The zero-order valence-corrected chi connectivity index (χ0v) is 33.0. The lowest BCUT2D eigenvalue weighted by atomic mass is 10.1. The highest BCUT2D eigenvalue weighted by molar-refractivity contribution is 7.47. The molecule has 0 heterocycles. The molecule has 10 heteroatoms. The first-order valence-electron chi connectivity index (χ1n) is 20.3. The van der Waals surface area contributed by atoms with E-state index in [0.717, 1.165) is 64.2 Å². The Morgan fingerprint density at radius 2 is 0.980 bits per heavy atom. The molecule has 0 rings (SSSR count). The minimum Gasteiger partial charge on any atom is -0.462 e. The predicted molar refractivity (Wildman–Crippen MR) is 206 cm³/mol. The zero-order valence-electron chi connectivity index (χ0n) is 32.1. The second-order valence-corrected chi connectivity index (χ2v) is 14.9. The minimum absolute atomic E-state index is 0.0523. The molecule has 0 aromatic carbocycles. The highest BCUT2D eigenvalue weighted by Gasteiger charge is 2.26. The molecule has 3 N–H and O–H groups in total. The number of nitrogens with two attached hydrogens (primary N) is 1. The zero-order chi connectivity index (χ0) is 36.8. The fourth-order valence-electron chi connectivity index (χ4n) is 5.51. The molecule has 9 nitrogen and oxygen atoms in total. The molecule has 0 aromatic rings. The second kappa shape index (κ2) is 37.3. The van der Waals surface area contributed by atoms with Crippen molar-refractivity contribution in [1.29, 1.82) is 0 Å². The number of phosphoric ester groups is 1. The molecule has 0 spiro atoms. The van der Waals surface area contributed by atoms with Crippen LogP contribution in [0.3, 0.4) is 0 Å². The molecule has 2 atom stereocenters. The number of unbranched alkanes of at least 4 members (excludes halogenated alkanes) is 21. The van der Waals surface area contributed by atoms with E-state index < -0.39 is 26.5 Å². The van der Waals surface area contributed by atoms with Gasteiger partial charge in [0.15, 0.2) is 6.10 Å². The van der Waals surface area contributed by atoms with Crippen LogP contribution in [0.5, 0.6) is 0 Å². The number of rotatable bonds is 38. The molecule has 0 bridgehead atoms. The van der Waals surface area contributed by atoms with Crippen LogP contribution in [0.25, 0.3) is 0 Å². The van der Waals surface area contributed by atoms with Gasteiger partial charge in [-0.15, -0.1) is 0 Å². The molecule has 0 aliphatic rings. The van der Waals surface area contributed by atoms with Crippen molar-refractivity contribution in [2.45, 2.75) is 193 Å². The third-order valence-electron chi connectivity index (χ3n) is 8.56. The van der Waals surface area contributed by atoms with Gasteiger partial charge < -0.3 is 20.1 Å². The molecule has 0 aliphatic heterocycles. The second-order valence-electron chi connectivity index (χ2n) is 13.5. The van der Waals surface area contributed by atoms with Gasteiger partial charge in [0.25, 0.3) is 0 Å². The van der Waals surface area contributed by atoms with E-state index in [1.165, 1.54) is 89.9 Å². The summed E-state index contributed by atoms with van der Waals surface area (Å²) in [5, 5.41) is 0. The van der Waals surface area contributed by atoms with E-state index in [1.807, 2.05) is 0 Å². The van der Waals surface area contributed by atoms with Gasteiger partial charge in [0.1, 0.15) is 6.61 Å². The van der Waals surface area contributed by atoms with Crippen LogP contribution in [0.4, 0.5) is 0 Å². The molecule has 0 saturated carbocycles. The Bertz CT molecular complexity index is 881. The fourth-order valence-corrected chi connectivity index (χ4v) is 6.27. The Morgan fingerprint density at radius 3 is 1.44 bits per heavy atom. The van der Waals surface area contributed by atoms with E-state index in [0.29, 0.717) is 6.42 Å². The topological polar surface area (TPSA) is 134 Å². The molecular weight excluding hydrogens is 653 g/mol. The van der Waals surface area contributed by atoms with Crippen molar-refractivity contribution in [1.82, 2.24) is 0 Å². The number of allylic oxidation sites excluding steroid dienone is 4. The van der Waals surface area contributed by atoms with Crippen LogP contribution in [0.2, 0.25) is 0 Å². The van der Waals surface area contributed by atoms with E-state index >= 15 is 0 Å². The lowest BCUT2D eigenvalue weighted by Gasteiger charge is -2.19. The summed E-state index contributed by atoms with van der Waals surface area (Å²) in [7, 11) is -4.37. The summed E-state index contributed by atoms with van der Waals surface area (Å²) in [6.07, 6.45) is 37.7. The quantitative estimate of drug-likeness (QED) is 0.0275. The first kappa shape index (κ1) is 48.5. The Labute approximate surface area is 306 Å². The first-order valence-corrected chi connectivity index (χ1v) is 21.8. The molecule has 1 unspecified atom stereocenters. The highest BCUT2D eigenvalue weighted by atomic mass is 31.2. The van der Waals surface area contributed by atoms with E-state index in [9.17, 15) is 19.0 Å². The smallest absolute Gasteiger partial charge is 0.462 e. The molecule has 0 aliphatic carbocycles. The van der Waals surface area contributed by atoms with Gasteiger partial charge in [-0.3, -0.25) is 18.6 Å². The van der Waals surface area contributed by atoms with Crippen molar-refractivity contribution in [3.63, 3.8) is 0 Å². The highest BCUT2D eigenvalue weighted by Crippen LogP contribution is 2.43. The van der Waals surface area contributed by atoms with Crippen molar-refractivity contribution < 1.29 is 37.6 Å². The number of carbonyl (C=O) groups is 2. The number of hydrogen-bond acceptors (Lipinski definition) is 8. The van der Waals surface area contributed by atoms with Gasteiger partial charge in [-0.25, -0.2) is 4.57 Å². The summed E-state index contributed by atoms with van der Waals surface area (Å²) in [4.78, 5) is 34.8. The van der Waals surface area contributed by atoms with E-state index in [-0.39, 0.29) is 38.6 Å². The number of phosphoric acid groups is 1. The first-order chi connectivity index (χ1) is 24.3. The number of ether oxygens (including phenoxy) is 2. The van der Waals surface area contributed by atoms with Crippen molar-refractivity contribution in [2.24, 2.45) is 5.73 Å². The van der Waals surface area contributed by atoms with Crippen LogP contribution in [0.15, 0.2) is 24.3 Å². The van der Waals surface area contributed by atoms with Crippen molar-refractivity contribution in [3.8, 4) is 0 Å². The summed E-state index contributed by atoms with van der Waals surface area (Å²) in [5.41, 5.74) is 5.34. The van der Waals surface area contributed by atoms with Crippen molar-refractivity contribution in [3.05, 3.63) is 24.3 Å². The van der Waals surface area contributed by atoms with Gasteiger partial charge in [-0.2, -0.15) is 0 Å². The molecule has 0 fully saturated rings. The fraction of sp³-hybridized carbons (Fsp3) is 0.850. The average molecular weight is 730 g/mol. The average Bonchev–Trinajstić information content (AvgIpc) is 3.10. The Morgan fingerprint density at radius 1 is 0.580 bits per heavy atom. The SMILES string of the molecule is CCCCCC/C=C/CCCCCCCCCC(=O)OC[C@H](COP(=O)(O)OCCN)OC(=O)CCCCCCC/C=C/CCCCCCC. The Balaban J connectivity index is 4.20. The summed E-state index contributed by atoms with van der Waals surface area (Å²) >= 11 is 0. The normalized spacial score (nSPS) is 13.6. The van der Waals surface area contributed by atoms with Crippen LogP contribution in [0.1, 0.15) is 187 Å². The summed E-state index contributed by atoms with van der Waals surface area (Å²) in [5.74, 6) is -0.841. The maximum atomic E-state index is 12.5. The summed E-state index contributed by atoms with van der Waals surface area (Å²) < 4.78 is 32.7. The molecule has 0 radical (unpaired) electrons. The Hall–Kier alpha value is -1.51. The van der Waals surface area contributed by atoms with Gasteiger partial charge in [0, 0.05) is 19.4 Å². The van der Waals surface area contributed by atoms with Crippen molar-refractivity contribution in [2.75, 3.05) is 26.4 Å². The maximum absolute atomic E-state index is 12.5. The van der Waals surface area contributed by atoms with Crippen LogP contribution in [-0.2, 0) is 32.7 Å². The van der Waals surface area contributed by atoms with Crippen LogP contribution in [-0.4, -0.2) is 49.3 Å². The van der Waals surface area contributed by atoms with Gasteiger partial charge in [0.2, 0.25) is 0 Å². The van der Waals surface area contributed by atoms with Crippen LogP contribution >= 0.6 is 7.82 Å². The van der Waals surface area contributed by atoms with E-state index in [2.05, 4.69) is 38.2 Å². The van der Waals surface area contributed by atoms with E-state index in [1.54, 1.807) is 0 Å². The number of hydrogen-bond donors (Lipinski definition) is 2. The molecular formula is C40H76NO8P. The van der Waals surface area contributed by atoms with Crippen LogP contribution in [0, 0.1) is 0 Å². The third-order valence-corrected chi connectivity index (χ3v) is 9.54. The Kier molecular flexibility index (Phi) is 36.1. The molecule has 294 valence electrons. The van der Waals surface area contributed by atoms with Gasteiger partial charge >= 0.3 is 19.8 Å². The number of esters is 2. The lowest BCUT2D eigenvalue weighted by Crippen LogP contribution is -2.29. The van der Waals surface area contributed by atoms with Gasteiger partial charge in [0.05, 0.1) is 13.2 Å². The molecule has 0 saturated heterocycles. The summed E-state index contributed by atoms with van der Waals surface area (Å²) in [6.45, 7) is 3.70. The molecule has 0 aromatic heterocycles. The number of carbonyl (C=O) groups excluding carboxylic acids is 2. The standard InChI is InChI=1S/C40H76NO8P/c1-3-5-7-9-11-13-15-17-19-21-22-24-26-28-30-32-39(42)46-36-38(37-48-50(44,45)47-35-34-41)49-40(43)33-31-29-27-25-23-20-18-16-14-12-10-8-6-4-2/h13,15-16,18,38H,3-12,14,17,19-37,41H2,1-2H3,(H,44,45)/b15-13+,18-16+/t38-/m1/s1.